The standard InChI is InChI=1S/C11H14N4O3/c1-7(4-5-15(2)3)12-11(18)10-13-8(16)6-9(17)14-10/h4-6H,1H2,2-3H3,(H,12,18)(H2,13,14,16,17)/b5-4-. The number of aromatic nitrogens is 2. The van der Waals surface area contributed by atoms with E-state index in [2.05, 4.69) is 21.9 Å². The van der Waals surface area contributed by atoms with E-state index in [1.54, 1.807) is 17.2 Å². The normalized spacial score (nSPS) is 10.3. The van der Waals surface area contributed by atoms with Crippen LogP contribution < -0.4 is 10.9 Å². The van der Waals surface area contributed by atoms with Gasteiger partial charge in [0, 0.05) is 26.0 Å². The van der Waals surface area contributed by atoms with Gasteiger partial charge in [0.2, 0.25) is 11.7 Å². The number of hydrogen-bond donors (Lipinski definition) is 3. The lowest BCUT2D eigenvalue weighted by Crippen LogP contribution is -2.26. The summed E-state index contributed by atoms with van der Waals surface area (Å²) in [6, 6.07) is 0.873. The number of H-pyrrole nitrogens is 1. The first-order valence-electron chi connectivity index (χ1n) is 5.03. The van der Waals surface area contributed by atoms with Gasteiger partial charge >= 0.3 is 0 Å². The quantitative estimate of drug-likeness (QED) is 0.642. The third-order valence-electron chi connectivity index (χ3n) is 1.79. The Balaban J connectivity index is 2.77. The Morgan fingerprint density at radius 2 is 2.28 bits per heavy atom. The molecule has 0 aromatic carbocycles. The molecule has 0 saturated heterocycles. The summed E-state index contributed by atoms with van der Waals surface area (Å²) in [6.45, 7) is 3.61. The van der Waals surface area contributed by atoms with Crippen molar-refractivity contribution in [3.05, 3.63) is 46.8 Å². The molecule has 0 aliphatic heterocycles. The molecule has 1 aromatic heterocycles. The average molecular weight is 250 g/mol. The third-order valence-corrected chi connectivity index (χ3v) is 1.79. The molecule has 96 valence electrons. The van der Waals surface area contributed by atoms with Crippen LogP contribution in [0.1, 0.15) is 10.6 Å². The van der Waals surface area contributed by atoms with Crippen LogP contribution in [0.2, 0.25) is 0 Å². The first kappa shape index (κ1) is 13.5. The van der Waals surface area contributed by atoms with E-state index < -0.39 is 17.3 Å². The molecule has 1 aromatic rings. The van der Waals surface area contributed by atoms with Crippen LogP contribution in [0, 0.1) is 0 Å². The van der Waals surface area contributed by atoms with Gasteiger partial charge in [0.25, 0.3) is 11.5 Å². The number of hydrogen-bond acceptors (Lipinski definition) is 5. The zero-order valence-corrected chi connectivity index (χ0v) is 10.1. The molecule has 0 bridgehead atoms. The summed E-state index contributed by atoms with van der Waals surface area (Å²) in [5.74, 6) is -1.45. The maximum Gasteiger partial charge on any atom is 0.291 e. The predicted molar refractivity (Wildman–Crippen MR) is 66.0 cm³/mol. The van der Waals surface area contributed by atoms with Crippen LogP contribution in [-0.2, 0) is 0 Å². The van der Waals surface area contributed by atoms with Gasteiger partial charge in [-0.05, 0) is 6.08 Å². The van der Waals surface area contributed by atoms with Crippen molar-refractivity contribution in [1.29, 1.82) is 0 Å². The maximum atomic E-state index is 11.6. The molecule has 0 aliphatic rings. The van der Waals surface area contributed by atoms with E-state index in [4.69, 9.17) is 5.11 Å². The lowest BCUT2D eigenvalue weighted by molar-refractivity contribution is 0.0955. The second-order valence-electron chi connectivity index (χ2n) is 3.71. The Labute approximate surface area is 103 Å². The van der Waals surface area contributed by atoms with E-state index in [9.17, 15) is 9.59 Å². The van der Waals surface area contributed by atoms with Gasteiger partial charge in [0.1, 0.15) is 0 Å². The fourth-order valence-electron chi connectivity index (χ4n) is 1.04. The number of rotatable bonds is 4. The van der Waals surface area contributed by atoms with Gasteiger partial charge in [0.05, 0.1) is 6.07 Å². The van der Waals surface area contributed by atoms with Crippen molar-refractivity contribution >= 4 is 5.91 Å². The van der Waals surface area contributed by atoms with Gasteiger partial charge in [-0.15, -0.1) is 0 Å². The molecule has 0 saturated carbocycles. The summed E-state index contributed by atoms with van der Waals surface area (Å²) in [7, 11) is 3.64. The van der Waals surface area contributed by atoms with Crippen molar-refractivity contribution in [3.63, 3.8) is 0 Å². The Bertz CT molecular complexity index is 545. The molecule has 3 N–H and O–H groups in total. The van der Waals surface area contributed by atoms with E-state index in [1.165, 1.54) is 0 Å². The van der Waals surface area contributed by atoms with Crippen LogP contribution in [0.5, 0.6) is 5.88 Å². The molecule has 0 atom stereocenters. The molecule has 0 radical (unpaired) electrons. The number of aromatic hydroxyl groups is 1. The highest BCUT2D eigenvalue weighted by molar-refractivity contribution is 5.91. The number of nitrogens with one attached hydrogen (secondary N) is 2. The van der Waals surface area contributed by atoms with E-state index in [1.807, 2.05) is 14.1 Å². The van der Waals surface area contributed by atoms with Gasteiger partial charge < -0.3 is 20.3 Å². The highest BCUT2D eigenvalue weighted by Crippen LogP contribution is 1.99. The predicted octanol–water partition coefficient (Wildman–Crippen LogP) is -0.206. The number of amides is 1. The lowest BCUT2D eigenvalue weighted by Gasteiger charge is -2.06. The lowest BCUT2D eigenvalue weighted by atomic mass is 10.4. The number of carbonyl (C=O) groups excluding carboxylic acids is 1. The molecule has 18 heavy (non-hydrogen) atoms. The van der Waals surface area contributed by atoms with E-state index in [-0.39, 0.29) is 5.82 Å². The summed E-state index contributed by atoms with van der Waals surface area (Å²) in [5.41, 5.74) is -0.276. The zero-order valence-electron chi connectivity index (χ0n) is 10.1. The van der Waals surface area contributed by atoms with Crippen molar-refractivity contribution in [3.8, 4) is 5.88 Å². The summed E-state index contributed by atoms with van der Waals surface area (Å²) in [5, 5.41) is 11.5. The minimum Gasteiger partial charge on any atom is -0.493 e. The largest absolute Gasteiger partial charge is 0.493 e. The maximum absolute atomic E-state index is 11.6. The highest BCUT2D eigenvalue weighted by Gasteiger charge is 2.10. The van der Waals surface area contributed by atoms with Crippen LogP contribution in [0.3, 0.4) is 0 Å². The van der Waals surface area contributed by atoms with Gasteiger partial charge in [-0.2, -0.15) is 4.98 Å². The fourth-order valence-corrected chi connectivity index (χ4v) is 1.04. The van der Waals surface area contributed by atoms with Crippen LogP contribution in [-0.4, -0.2) is 40.0 Å². The second kappa shape index (κ2) is 5.67. The van der Waals surface area contributed by atoms with E-state index in [0.717, 1.165) is 6.07 Å². The first-order valence-corrected chi connectivity index (χ1v) is 5.03. The van der Waals surface area contributed by atoms with Crippen molar-refractivity contribution in [2.45, 2.75) is 0 Å². The minimum absolute atomic E-state index is 0.278. The Morgan fingerprint density at radius 3 is 2.83 bits per heavy atom. The average Bonchev–Trinajstić information content (AvgIpc) is 2.25. The van der Waals surface area contributed by atoms with Gasteiger partial charge in [-0.25, -0.2) is 0 Å². The number of aromatic amines is 1. The topological polar surface area (TPSA) is 98.3 Å². The van der Waals surface area contributed by atoms with Crippen molar-refractivity contribution in [1.82, 2.24) is 20.2 Å². The number of nitrogens with zero attached hydrogens (tertiary/aromatic N) is 2. The summed E-state index contributed by atoms with van der Waals surface area (Å²) in [6.07, 6.45) is 3.28. The molecule has 0 fully saturated rings. The van der Waals surface area contributed by atoms with Gasteiger partial charge in [-0.1, -0.05) is 6.58 Å². The van der Waals surface area contributed by atoms with Crippen LogP contribution in [0.15, 0.2) is 35.4 Å². The Hall–Kier alpha value is -2.57. The van der Waals surface area contributed by atoms with E-state index in [0.29, 0.717) is 5.70 Å². The molecular formula is C11H14N4O3. The highest BCUT2D eigenvalue weighted by atomic mass is 16.3. The molecule has 1 amide bonds. The Kier molecular flexibility index (Phi) is 4.25. The van der Waals surface area contributed by atoms with Crippen molar-refractivity contribution in [2.24, 2.45) is 0 Å². The Morgan fingerprint density at radius 1 is 1.61 bits per heavy atom. The second-order valence-corrected chi connectivity index (χ2v) is 3.71. The molecule has 1 rings (SSSR count). The molecule has 1 heterocycles. The molecule has 7 nitrogen and oxygen atoms in total. The van der Waals surface area contributed by atoms with E-state index >= 15 is 0 Å². The fraction of sp³-hybridized carbons (Fsp3) is 0.182. The molecule has 0 aliphatic carbocycles. The third kappa shape index (κ3) is 4.12. The molecular weight excluding hydrogens is 236 g/mol. The summed E-state index contributed by atoms with van der Waals surface area (Å²) in [4.78, 5) is 30.1. The SMILES string of the molecule is C=C(/C=C\N(C)C)NC(=O)c1nc(O)cc(=O)[nH]1. The van der Waals surface area contributed by atoms with Crippen LogP contribution >= 0.6 is 0 Å². The van der Waals surface area contributed by atoms with Gasteiger partial charge in [0.15, 0.2) is 0 Å². The smallest absolute Gasteiger partial charge is 0.291 e. The van der Waals surface area contributed by atoms with Crippen molar-refractivity contribution < 1.29 is 9.90 Å². The minimum atomic E-state index is -0.656. The molecule has 7 heteroatoms. The monoisotopic (exact) mass is 250 g/mol. The van der Waals surface area contributed by atoms with Crippen LogP contribution in [0.4, 0.5) is 0 Å². The number of carbonyl (C=O) groups is 1. The van der Waals surface area contributed by atoms with Gasteiger partial charge in [-0.3, -0.25) is 9.59 Å². The molecule has 0 unspecified atom stereocenters. The summed E-state index contributed by atoms with van der Waals surface area (Å²) >= 11 is 0. The molecule has 0 spiro atoms. The number of allylic oxidation sites excluding steroid dienone is 1. The first-order chi connectivity index (χ1) is 8.38. The van der Waals surface area contributed by atoms with Crippen molar-refractivity contribution in [2.75, 3.05) is 14.1 Å². The zero-order chi connectivity index (χ0) is 13.7. The van der Waals surface area contributed by atoms with Crippen LogP contribution in [0.25, 0.3) is 0 Å². The summed E-state index contributed by atoms with van der Waals surface area (Å²) < 4.78 is 0.